The van der Waals surface area contributed by atoms with Crippen LogP contribution in [0, 0.1) is 17.2 Å². The third kappa shape index (κ3) is 3.46. The number of carbonyl (C=O) groups is 1. The van der Waals surface area contributed by atoms with Crippen LogP contribution in [0.1, 0.15) is 25.3 Å². The second-order valence-corrected chi connectivity index (χ2v) is 7.03. The average Bonchev–Trinajstić information content (AvgIpc) is 2.55. The number of sulfonamides is 1. The van der Waals surface area contributed by atoms with E-state index in [-0.39, 0.29) is 24.0 Å². The molecule has 1 aromatic rings. The normalized spacial score (nSPS) is 19.4. The van der Waals surface area contributed by atoms with Gasteiger partial charge in [-0.1, -0.05) is 6.07 Å². The van der Waals surface area contributed by atoms with Gasteiger partial charge >= 0.3 is 5.97 Å². The Hall–Kier alpha value is -1.91. The maximum Gasteiger partial charge on any atom is 0.310 e. The van der Waals surface area contributed by atoms with E-state index < -0.39 is 15.9 Å². The van der Waals surface area contributed by atoms with Crippen molar-refractivity contribution in [3.05, 3.63) is 29.8 Å². The van der Waals surface area contributed by atoms with Crippen molar-refractivity contribution in [2.45, 2.75) is 24.7 Å². The van der Waals surface area contributed by atoms with Crippen LogP contribution in [-0.2, 0) is 19.6 Å². The minimum atomic E-state index is -3.70. The van der Waals surface area contributed by atoms with Gasteiger partial charge in [-0.05, 0) is 38.0 Å². The van der Waals surface area contributed by atoms with E-state index in [1.54, 1.807) is 13.0 Å². The highest BCUT2D eigenvalue weighted by Gasteiger charge is 2.34. The molecule has 22 heavy (non-hydrogen) atoms. The Kier molecular flexibility index (Phi) is 5.16. The smallest absolute Gasteiger partial charge is 0.310 e. The monoisotopic (exact) mass is 322 g/mol. The van der Waals surface area contributed by atoms with E-state index in [0.717, 1.165) is 0 Å². The van der Waals surface area contributed by atoms with Crippen LogP contribution in [-0.4, -0.2) is 38.4 Å². The Bertz CT molecular complexity index is 694. The summed E-state index contributed by atoms with van der Waals surface area (Å²) in [5, 5.41) is 8.89. The topological polar surface area (TPSA) is 87.5 Å². The standard InChI is InChI=1S/C15H18N2O4S/c1-2-21-15(18)13-6-4-8-17(11-13)22(19,20)14-7-3-5-12(9-14)10-16/h3,5,7,9,13H,2,4,6,8,11H2,1H3/t13-/m1/s1. The fourth-order valence-corrected chi connectivity index (χ4v) is 4.06. The minimum Gasteiger partial charge on any atom is -0.466 e. The van der Waals surface area contributed by atoms with Gasteiger partial charge in [-0.25, -0.2) is 8.42 Å². The van der Waals surface area contributed by atoms with Crippen molar-refractivity contribution in [2.75, 3.05) is 19.7 Å². The van der Waals surface area contributed by atoms with Gasteiger partial charge in [0.05, 0.1) is 29.1 Å². The van der Waals surface area contributed by atoms with Crippen LogP contribution in [0.3, 0.4) is 0 Å². The Morgan fingerprint density at radius 1 is 1.50 bits per heavy atom. The van der Waals surface area contributed by atoms with Crippen molar-refractivity contribution in [3.8, 4) is 6.07 Å². The van der Waals surface area contributed by atoms with Crippen molar-refractivity contribution in [1.82, 2.24) is 4.31 Å². The average molecular weight is 322 g/mol. The van der Waals surface area contributed by atoms with Crippen LogP contribution < -0.4 is 0 Å². The molecule has 0 amide bonds. The number of carbonyl (C=O) groups excluding carboxylic acids is 1. The fraction of sp³-hybridized carbons (Fsp3) is 0.467. The Morgan fingerprint density at radius 2 is 2.27 bits per heavy atom. The van der Waals surface area contributed by atoms with Gasteiger partial charge in [-0.15, -0.1) is 0 Å². The quantitative estimate of drug-likeness (QED) is 0.784. The molecule has 0 spiro atoms. The zero-order valence-electron chi connectivity index (χ0n) is 12.4. The third-order valence-corrected chi connectivity index (χ3v) is 5.47. The molecular weight excluding hydrogens is 304 g/mol. The molecule has 1 heterocycles. The summed E-state index contributed by atoms with van der Waals surface area (Å²) in [7, 11) is -3.70. The van der Waals surface area contributed by atoms with Gasteiger partial charge in [0.1, 0.15) is 0 Å². The second kappa shape index (κ2) is 6.90. The van der Waals surface area contributed by atoms with Gasteiger partial charge in [0.2, 0.25) is 10.0 Å². The van der Waals surface area contributed by atoms with Gasteiger partial charge < -0.3 is 4.74 Å². The predicted octanol–water partition coefficient (Wildman–Crippen LogP) is 1.52. The number of hydrogen-bond acceptors (Lipinski definition) is 5. The molecule has 1 aliphatic heterocycles. The van der Waals surface area contributed by atoms with Gasteiger partial charge in [0.15, 0.2) is 0 Å². The number of hydrogen-bond donors (Lipinski definition) is 0. The molecular formula is C15H18N2O4S. The van der Waals surface area contributed by atoms with Gasteiger partial charge in [0.25, 0.3) is 0 Å². The summed E-state index contributed by atoms with van der Waals surface area (Å²) in [6, 6.07) is 7.83. The van der Waals surface area contributed by atoms with E-state index in [4.69, 9.17) is 10.00 Å². The number of benzene rings is 1. The highest BCUT2D eigenvalue weighted by Crippen LogP contribution is 2.25. The van der Waals surface area contributed by atoms with Crippen molar-refractivity contribution in [1.29, 1.82) is 5.26 Å². The van der Waals surface area contributed by atoms with Crippen LogP contribution in [0.15, 0.2) is 29.2 Å². The van der Waals surface area contributed by atoms with Crippen molar-refractivity contribution >= 4 is 16.0 Å². The summed E-state index contributed by atoms with van der Waals surface area (Å²) in [6.07, 6.45) is 1.24. The lowest BCUT2D eigenvalue weighted by Crippen LogP contribution is -2.42. The number of rotatable bonds is 4. The van der Waals surface area contributed by atoms with Crippen molar-refractivity contribution < 1.29 is 17.9 Å². The Morgan fingerprint density at radius 3 is 2.95 bits per heavy atom. The molecule has 6 nitrogen and oxygen atoms in total. The summed E-state index contributed by atoms with van der Waals surface area (Å²) in [6.45, 7) is 2.50. The number of ether oxygens (including phenoxy) is 1. The van der Waals surface area contributed by atoms with E-state index in [2.05, 4.69) is 0 Å². The van der Waals surface area contributed by atoms with Crippen LogP contribution in [0.25, 0.3) is 0 Å². The summed E-state index contributed by atoms with van der Waals surface area (Å²) in [5.74, 6) is -0.782. The highest BCUT2D eigenvalue weighted by molar-refractivity contribution is 7.89. The Labute approximate surface area is 130 Å². The van der Waals surface area contributed by atoms with Crippen LogP contribution in [0.2, 0.25) is 0 Å². The molecule has 0 aromatic heterocycles. The molecule has 1 saturated heterocycles. The zero-order valence-corrected chi connectivity index (χ0v) is 13.2. The lowest BCUT2D eigenvalue weighted by Gasteiger charge is -2.30. The SMILES string of the molecule is CCOC(=O)[C@@H]1CCCN(S(=O)(=O)c2cccc(C#N)c2)C1. The molecule has 1 fully saturated rings. The summed E-state index contributed by atoms with van der Waals surface area (Å²) in [4.78, 5) is 11.9. The Balaban J connectivity index is 2.22. The first kappa shape index (κ1) is 16.5. The highest BCUT2D eigenvalue weighted by atomic mass is 32.2. The van der Waals surface area contributed by atoms with Gasteiger partial charge in [0, 0.05) is 13.1 Å². The maximum absolute atomic E-state index is 12.6. The molecule has 0 aliphatic carbocycles. The largest absolute Gasteiger partial charge is 0.466 e. The van der Waals surface area contributed by atoms with E-state index in [0.29, 0.717) is 24.9 Å². The minimum absolute atomic E-state index is 0.0797. The van der Waals surface area contributed by atoms with Crippen LogP contribution in [0.5, 0.6) is 0 Å². The first-order valence-electron chi connectivity index (χ1n) is 7.16. The molecule has 118 valence electrons. The van der Waals surface area contributed by atoms with E-state index in [1.165, 1.54) is 22.5 Å². The van der Waals surface area contributed by atoms with Gasteiger partial charge in [-0.3, -0.25) is 4.79 Å². The third-order valence-electron chi connectivity index (χ3n) is 3.60. The first-order chi connectivity index (χ1) is 10.5. The molecule has 0 saturated carbocycles. The lowest BCUT2D eigenvalue weighted by molar-refractivity contribution is -0.149. The molecule has 0 radical (unpaired) electrons. The van der Waals surface area contributed by atoms with E-state index in [9.17, 15) is 13.2 Å². The molecule has 7 heteroatoms. The molecule has 1 atom stereocenters. The summed E-state index contributed by atoms with van der Waals surface area (Å²) < 4.78 is 31.6. The first-order valence-corrected chi connectivity index (χ1v) is 8.60. The molecule has 1 aromatic carbocycles. The second-order valence-electron chi connectivity index (χ2n) is 5.09. The van der Waals surface area contributed by atoms with Crippen LogP contribution in [0.4, 0.5) is 0 Å². The number of esters is 1. The van der Waals surface area contributed by atoms with E-state index in [1.807, 2.05) is 6.07 Å². The molecule has 0 bridgehead atoms. The number of piperidine rings is 1. The number of nitrogens with zero attached hydrogens (tertiary/aromatic N) is 2. The number of nitriles is 1. The molecule has 0 N–H and O–H groups in total. The molecule has 1 aliphatic rings. The maximum atomic E-state index is 12.6. The predicted molar refractivity (Wildman–Crippen MR) is 79.3 cm³/mol. The molecule has 0 unspecified atom stereocenters. The lowest BCUT2D eigenvalue weighted by atomic mass is 10.0. The fourth-order valence-electron chi connectivity index (χ4n) is 2.49. The van der Waals surface area contributed by atoms with Crippen molar-refractivity contribution in [2.24, 2.45) is 5.92 Å². The summed E-state index contributed by atoms with van der Waals surface area (Å²) in [5.41, 5.74) is 0.292. The van der Waals surface area contributed by atoms with E-state index >= 15 is 0 Å². The zero-order chi connectivity index (χ0) is 16.2. The van der Waals surface area contributed by atoms with Crippen molar-refractivity contribution in [3.63, 3.8) is 0 Å². The summed E-state index contributed by atoms with van der Waals surface area (Å²) >= 11 is 0. The van der Waals surface area contributed by atoms with Gasteiger partial charge in [-0.2, -0.15) is 9.57 Å². The molecule has 2 rings (SSSR count). The van der Waals surface area contributed by atoms with Crippen LogP contribution >= 0.6 is 0 Å².